The number of thiazole rings is 1. The third-order valence-electron chi connectivity index (χ3n) is 6.30. The average Bonchev–Trinajstić information content (AvgIpc) is 3.61. The van der Waals surface area contributed by atoms with Gasteiger partial charge >= 0.3 is 0 Å². The minimum Gasteiger partial charge on any atom is -0.367 e. The monoisotopic (exact) mass is 491 g/mol. The zero-order valence-electron chi connectivity index (χ0n) is 18.4. The second-order valence-electron chi connectivity index (χ2n) is 8.41. The van der Waals surface area contributed by atoms with Crippen molar-refractivity contribution in [2.24, 2.45) is 0 Å². The Balaban J connectivity index is 1.21. The SMILES string of the molecule is Cc1ccc(C(=O)N2CCN(c3cccc4c3C(=O)N(Cc3cn5ccsc5n3)C4=O)CC2)s1. The molecule has 8 nitrogen and oxygen atoms in total. The Bertz CT molecular complexity index is 1420. The van der Waals surface area contributed by atoms with E-state index in [4.69, 9.17) is 0 Å². The van der Waals surface area contributed by atoms with Gasteiger partial charge in [-0.05, 0) is 31.2 Å². The molecule has 3 aromatic heterocycles. The number of benzene rings is 1. The van der Waals surface area contributed by atoms with Crippen molar-refractivity contribution in [3.05, 3.63) is 74.7 Å². The molecule has 1 aromatic carbocycles. The van der Waals surface area contributed by atoms with Crippen molar-refractivity contribution in [1.82, 2.24) is 19.2 Å². The molecule has 1 saturated heterocycles. The first kappa shape index (κ1) is 21.1. The van der Waals surface area contributed by atoms with Gasteiger partial charge in [0, 0.05) is 48.8 Å². The van der Waals surface area contributed by atoms with Gasteiger partial charge in [-0.1, -0.05) is 6.07 Å². The lowest BCUT2D eigenvalue weighted by molar-refractivity contribution is 0.0639. The van der Waals surface area contributed by atoms with Crippen molar-refractivity contribution in [2.45, 2.75) is 13.5 Å². The van der Waals surface area contributed by atoms with Gasteiger partial charge in [-0.15, -0.1) is 22.7 Å². The van der Waals surface area contributed by atoms with Crippen LogP contribution in [0.1, 0.15) is 41.0 Å². The third kappa shape index (κ3) is 3.41. The molecule has 3 amide bonds. The lowest BCUT2D eigenvalue weighted by Crippen LogP contribution is -2.49. The number of nitrogens with zero attached hydrogens (tertiary/aromatic N) is 5. The van der Waals surface area contributed by atoms with E-state index in [1.54, 1.807) is 6.07 Å². The topological polar surface area (TPSA) is 78.2 Å². The van der Waals surface area contributed by atoms with Gasteiger partial charge in [-0.2, -0.15) is 0 Å². The summed E-state index contributed by atoms with van der Waals surface area (Å²) in [6.07, 6.45) is 3.75. The molecule has 0 unspecified atom stereocenters. The Morgan fingerprint density at radius 2 is 1.88 bits per heavy atom. The molecular weight excluding hydrogens is 470 g/mol. The van der Waals surface area contributed by atoms with Crippen LogP contribution in [0.25, 0.3) is 4.96 Å². The molecule has 0 saturated carbocycles. The molecule has 34 heavy (non-hydrogen) atoms. The molecule has 0 atom stereocenters. The number of imidazole rings is 1. The minimum absolute atomic E-state index is 0.0495. The van der Waals surface area contributed by atoms with E-state index in [9.17, 15) is 14.4 Å². The van der Waals surface area contributed by atoms with Crippen LogP contribution in [-0.2, 0) is 6.54 Å². The fourth-order valence-electron chi connectivity index (χ4n) is 4.59. The second-order valence-corrected chi connectivity index (χ2v) is 10.6. The molecule has 2 aliphatic rings. The summed E-state index contributed by atoms with van der Waals surface area (Å²) in [6, 6.07) is 9.26. The molecule has 2 aliphatic heterocycles. The standard InChI is InChI=1S/C24H21N5O3S2/c1-15-5-6-19(34-15)22(31)27-9-7-26(8-10-27)18-4-2-3-17-20(18)23(32)29(21(17)30)14-16-13-28-11-12-33-24(28)25-16/h2-6,11-13H,7-10,14H2,1H3. The van der Waals surface area contributed by atoms with E-state index in [0.29, 0.717) is 43.0 Å². The zero-order valence-corrected chi connectivity index (χ0v) is 20.1. The van der Waals surface area contributed by atoms with E-state index >= 15 is 0 Å². The molecule has 4 aromatic rings. The van der Waals surface area contributed by atoms with Gasteiger partial charge in [0.2, 0.25) is 0 Å². The summed E-state index contributed by atoms with van der Waals surface area (Å²) in [5.41, 5.74) is 2.31. The minimum atomic E-state index is -0.292. The highest BCUT2D eigenvalue weighted by Crippen LogP contribution is 2.33. The van der Waals surface area contributed by atoms with Crippen LogP contribution in [0.5, 0.6) is 0 Å². The Morgan fingerprint density at radius 1 is 1.06 bits per heavy atom. The van der Waals surface area contributed by atoms with Gasteiger partial charge < -0.3 is 9.80 Å². The molecule has 0 radical (unpaired) electrons. The summed E-state index contributed by atoms with van der Waals surface area (Å²) in [5, 5.41) is 1.94. The van der Waals surface area contributed by atoms with Crippen LogP contribution < -0.4 is 4.90 Å². The van der Waals surface area contributed by atoms with Crippen molar-refractivity contribution < 1.29 is 14.4 Å². The Morgan fingerprint density at radius 3 is 2.62 bits per heavy atom. The van der Waals surface area contributed by atoms with Gasteiger partial charge in [-0.25, -0.2) is 4.98 Å². The maximum atomic E-state index is 13.4. The molecule has 5 heterocycles. The summed E-state index contributed by atoms with van der Waals surface area (Å²) < 4.78 is 1.89. The number of rotatable bonds is 4. The van der Waals surface area contributed by atoms with Gasteiger partial charge in [0.25, 0.3) is 17.7 Å². The average molecular weight is 492 g/mol. The van der Waals surface area contributed by atoms with Gasteiger partial charge in [-0.3, -0.25) is 23.7 Å². The summed E-state index contributed by atoms with van der Waals surface area (Å²) in [5.74, 6) is -0.534. The largest absolute Gasteiger partial charge is 0.367 e. The highest BCUT2D eigenvalue weighted by Gasteiger charge is 2.39. The smallest absolute Gasteiger partial charge is 0.264 e. The fourth-order valence-corrected chi connectivity index (χ4v) is 6.15. The number of aryl methyl sites for hydroxylation is 1. The molecular formula is C24H21N5O3S2. The van der Waals surface area contributed by atoms with Crippen LogP contribution in [0.2, 0.25) is 0 Å². The van der Waals surface area contributed by atoms with E-state index < -0.39 is 0 Å². The first-order valence-corrected chi connectivity index (χ1v) is 12.7. The lowest BCUT2D eigenvalue weighted by atomic mass is 10.1. The van der Waals surface area contributed by atoms with Crippen molar-refractivity contribution in [2.75, 3.05) is 31.1 Å². The molecule has 6 rings (SSSR count). The highest BCUT2D eigenvalue weighted by molar-refractivity contribution is 7.15. The number of fused-ring (bicyclic) bond motifs is 2. The van der Waals surface area contributed by atoms with Crippen LogP contribution in [0.15, 0.2) is 48.1 Å². The first-order valence-electron chi connectivity index (χ1n) is 11.0. The Kier molecular flexibility index (Phi) is 5.00. The molecule has 1 fully saturated rings. The quantitative estimate of drug-likeness (QED) is 0.408. The zero-order chi connectivity index (χ0) is 23.4. The normalized spacial score (nSPS) is 16.1. The van der Waals surface area contributed by atoms with Crippen molar-refractivity contribution in [3.8, 4) is 0 Å². The summed E-state index contributed by atoms with van der Waals surface area (Å²) in [6.45, 7) is 4.47. The molecule has 172 valence electrons. The van der Waals surface area contributed by atoms with Gasteiger partial charge in [0.05, 0.1) is 33.9 Å². The van der Waals surface area contributed by atoms with Crippen LogP contribution in [0.3, 0.4) is 0 Å². The van der Waals surface area contributed by atoms with Crippen LogP contribution in [-0.4, -0.2) is 63.1 Å². The van der Waals surface area contributed by atoms with Crippen LogP contribution in [0, 0.1) is 6.92 Å². The molecule has 0 aliphatic carbocycles. The maximum absolute atomic E-state index is 13.4. The van der Waals surface area contributed by atoms with Gasteiger partial charge in [0.15, 0.2) is 4.96 Å². The third-order valence-corrected chi connectivity index (χ3v) is 8.06. The number of imide groups is 1. The van der Waals surface area contributed by atoms with Crippen molar-refractivity contribution >= 4 is 51.0 Å². The Labute approximate surface area is 203 Å². The number of piperazine rings is 1. The van der Waals surface area contributed by atoms with Crippen LogP contribution in [0.4, 0.5) is 5.69 Å². The van der Waals surface area contributed by atoms with E-state index in [1.807, 2.05) is 58.3 Å². The number of hydrogen-bond donors (Lipinski definition) is 0. The molecule has 0 N–H and O–H groups in total. The highest BCUT2D eigenvalue weighted by atomic mass is 32.1. The summed E-state index contributed by atoms with van der Waals surface area (Å²) >= 11 is 3.02. The van der Waals surface area contributed by atoms with E-state index in [2.05, 4.69) is 9.88 Å². The van der Waals surface area contributed by atoms with Gasteiger partial charge in [0.1, 0.15) is 0 Å². The predicted octanol–water partition coefficient (Wildman–Crippen LogP) is 3.52. The molecule has 0 spiro atoms. The van der Waals surface area contributed by atoms with Crippen molar-refractivity contribution in [1.29, 1.82) is 0 Å². The first-order chi connectivity index (χ1) is 16.5. The van der Waals surface area contributed by atoms with Crippen LogP contribution >= 0.6 is 22.7 Å². The van der Waals surface area contributed by atoms with E-state index in [-0.39, 0.29) is 24.3 Å². The number of anilines is 1. The number of hydrogen-bond acceptors (Lipinski definition) is 7. The number of amides is 3. The number of carbonyl (C=O) groups is 3. The molecule has 10 heteroatoms. The van der Waals surface area contributed by atoms with E-state index in [1.165, 1.54) is 27.6 Å². The maximum Gasteiger partial charge on any atom is 0.264 e. The predicted molar refractivity (Wildman–Crippen MR) is 131 cm³/mol. The molecule has 0 bridgehead atoms. The van der Waals surface area contributed by atoms with Crippen molar-refractivity contribution in [3.63, 3.8) is 0 Å². The summed E-state index contributed by atoms with van der Waals surface area (Å²) in [7, 11) is 0. The Hall–Kier alpha value is -3.50. The second kappa shape index (κ2) is 8.07. The lowest BCUT2D eigenvalue weighted by Gasteiger charge is -2.36. The number of aromatic nitrogens is 2. The number of carbonyl (C=O) groups excluding carboxylic acids is 3. The fraction of sp³-hybridized carbons (Fsp3) is 0.250. The number of thiophene rings is 1. The van der Waals surface area contributed by atoms with E-state index in [0.717, 1.165) is 20.4 Å². The summed E-state index contributed by atoms with van der Waals surface area (Å²) in [4.78, 5) is 51.7.